The number of para-hydroxylation sites is 1. The van der Waals surface area contributed by atoms with Gasteiger partial charge in [0, 0.05) is 5.56 Å². The molecular weight excluding hydrogens is 328 g/mol. The minimum atomic E-state index is 0.176. The van der Waals surface area contributed by atoms with E-state index in [1.165, 1.54) is 108 Å². The third kappa shape index (κ3) is 9.17. The number of hydrogen-bond donors (Lipinski definition) is 1. The second kappa shape index (κ2) is 15.0. The van der Waals surface area contributed by atoms with Gasteiger partial charge in [0.2, 0.25) is 0 Å². The summed E-state index contributed by atoms with van der Waals surface area (Å²) in [6, 6.07) is 8.16. The lowest BCUT2D eigenvalue weighted by atomic mass is 9.69. The van der Waals surface area contributed by atoms with Crippen molar-refractivity contribution in [3.8, 4) is 5.75 Å². The van der Waals surface area contributed by atoms with Crippen molar-refractivity contribution in [2.75, 3.05) is 0 Å². The molecule has 0 aliphatic heterocycles. The Morgan fingerprint density at radius 3 is 1.56 bits per heavy atom. The van der Waals surface area contributed by atoms with Gasteiger partial charge in [-0.2, -0.15) is 0 Å². The zero-order valence-electron chi connectivity index (χ0n) is 18.6. The van der Waals surface area contributed by atoms with Crippen LogP contribution in [0, 0.1) is 0 Å². The standard InChI is InChI=1S/C26H46O/c1-4-7-9-11-13-17-22-26(21-6-3,23-18-14-12-10-8-5-2)24-19-15-16-20-25(24)27/h15-16,19-20,27H,4-14,17-18,21-23H2,1-3H3. The van der Waals surface area contributed by atoms with Crippen LogP contribution in [0.1, 0.15) is 129 Å². The fraction of sp³-hybridized carbons (Fsp3) is 0.769. The van der Waals surface area contributed by atoms with Crippen LogP contribution < -0.4 is 0 Å². The Kier molecular flexibility index (Phi) is 13.4. The highest BCUT2D eigenvalue weighted by molar-refractivity contribution is 5.38. The van der Waals surface area contributed by atoms with Gasteiger partial charge in [-0.15, -0.1) is 0 Å². The molecule has 0 aromatic heterocycles. The summed E-state index contributed by atoms with van der Waals surface area (Å²) in [4.78, 5) is 0. The van der Waals surface area contributed by atoms with Crippen molar-refractivity contribution >= 4 is 0 Å². The molecule has 0 saturated heterocycles. The van der Waals surface area contributed by atoms with Crippen LogP contribution in [0.4, 0.5) is 0 Å². The Morgan fingerprint density at radius 1 is 0.593 bits per heavy atom. The van der Waals surface area contributed by atoms with E-state index < -0.39 is 0 Å². The van der Waals surface area contributed by atoms with Crippen LogP contribution in [0.25, 0.3) is 0 Å². The van der Waals surface area contributed by atoms with E-state index in [9.17, 15) is 5.11 Å². The molecule has 1 heteroatoms. The Hall–Kier alpha value is -0.980. The SMILES string of the molecule is CCCCCCCCC(CCC)(CCCCCCCC)c1ccccc1O. The van der Waals surface area contributed by atoms with Gasteiger partial charge in [-0.05, 0) is 30.7 Å². The van der Waals surface area contributed by atoms with E-state index in [1.54, 1.807) is 0 Å². The molecular formula is C26H46O. The topological polar surface area (TPSA) is 20.2 Å². The second-order valence-corrected chi connectivity index (χ2v) is 8.58. The van der Waals surface area contributed by atoms with E-state index >= 15 is 0 Å². The van der Waals surface area contributed by atoms with Gasteiger partial charge in [-0.3, -0.25) is 0 Å². The lowest BCUT2D eigenvalue weighted by Crippen LogP contribution is -2.26. The monoisotopic (exact) mass is 374 g/mol. The van der Waals surface area contributed by atoms with Crippen molar-refractivity contribution in [3.63, 3.8) is 0 Å². The quantitative estimate of drug-likeness (QED) is 0.270. The average Bonchev–Trinajstić information content (AvgIpc) is 2.67. The van der Waals surface area contributed by atoms with Crippen LogP contribution >= 0.6 is 0 Å². The number of phenols is 1. The highest BCUT2D eigenvalue weighted by Gasteiger charge is 2.32. The average molecular weight is 375 g/mol. The van der Waals surface area contributed by atoms with Crippen LogP contribution in [0.5, 0.6) is 5.75 Å². The number of aromatic hydroxyl groups is 1. The van der Waals surface area contributed by atoms with Gasteiger partial charge in [-0.25, -0.2) is 0 Å². The number of hydrogen-bond acceptors (Lipinski definition) is 1. The maximum atomic E-state index is 10.6. The zero-order valence-corrected chi connectivity index (χ0v) is 18.6. The minimum absolute atomic E-state index is 0.176. The smallest absolute Gasteiger partial charge is 0.119 e. The molecule has 0 bridgehead atoms. The fourth-order valence-electron chi connectivity index (χ4n) is 4.67. The Bertz CT molecular complexity index is 449. The predicted molar refractivity (Wildman–Crippen MR) is 121 cm³/mol. The zero-order chi connectivity index (χ0) is 19.8. The maximum Gasteiger partial charge on any atom is 0.119 e. The molecule has 156 valence electrons. The normalized spacial score (nSPS) is 11.8. The largest absolute Gasteiger partial charge is 0.508 e. The van der Waals surface area contributed by atoms with Crippen molar-refractivity contribution in [1.82, 2.24) is 0 Å². The Balaban J connectivity index is 2.73. The van der Waals surface area contributed by atoms with Crippen molar-refractivity contribution < 1.29 is 5.11 Å². The van der Waals surface area contributed by atoms with Gasteiger partial charge in [0.05, 0.1) is 0 Å². The van der Waals surface area contributed by atoms with Crippen molar-refractivity contribution in [1.29, 1.82) is 0 Å². The summed E-state index contributed by atoms with van der Waals surface area (Å²) in [7, 11) is 0. The molecule has 0 aliphatic rings. The first-order chi connectivity index (χ1) is 13.2. The van der Waals surface area contributed by atoms with E-state index in [4.69, 9.17) is 0 Å². The fourth-order valence-corrected chi connectivity index (χ4v) is 4.67. The lowest BCUT2D eigenvalue weighted by Gasteiger charge is -2.35. The van der Waals surface area contributed by atoms with Crippen LogP contribution in [0.2, 0.25) is 0 Å². The number of benzene rings is 1. The third-order valence-corrected chi connectivity index (χ3v) is 6.22. The summed E-state index contributed by atoms with van der Waals surface area (Å²) >= 11 is 0. The van der Waals surface area contributed by atoms with Gasteiger partial charge in [0.1, 0.15) is 5.75 Å². The van der Waals surface area contributed by atoms with Gasteiger partial charge >= 0.3 is 0 Å². The van der Waals surface area contributed by atoms with Crippen molar-refractivity contribution in [3.05, 3.63) is 29.8 Å². The maximum absolute atomic E-state index is 10.6. The molecule has 0 fully saturated rings. The number of phenolic OH excluding ortho intramolecular Hbond substituents is 1. The molecule has 0 spiro atoms. The highest BCUT2D eigenvalue weighted by Crippen LogP contribution is 2.43. The molecule has 27 heavy (non-hydrogen) atoms. The molecule has 0 heterocycles. The summed E-state index contributed by atoms with van der Waals surface area (Å²) in [6.45, 7) is 6.87. The molecule has 1 aromatic carbocycles. The molecule has 1 nitrogen and oxygen atoms in total. The summed E-state index contributed by atoms with van der Waals surface area (Å²) < 4.78 is 0. The molecule has 0 saturated carbocycles. The van der Waals surface area contributed by atoms with E-state index in [0.29, 0.717) is 5.75 Å². The number of rotatable bonds is 17. The van der Waals surface area contributed by atoms with Gasteiger partial charge in [0.25, 0.3) is 0 Å². The predicted octanol–water partition coefficient (Wildman–Crippen LogP) is 8.93. The van der Waals surface area contributed by atoms with Crippen LogP contribution in [-0.4, -0.2) is 5.11 Å². The van der Waals surface area contributed by atoms with E-state index in [-0.39, 0.29) is 5.41 Å². The van der Waals surface area contributed by atoms with Gasteiger partial charge in [0.15, 0.2) is 0 Å². The summed E-state index contributed by atoms with van der Waals surface area (Å²) in [5, 5.41) is 10.6. The van der Waals surface area contributed by atoms with E-state index in [2.05, 4.69) is 32.9 Å². The Labute approximate surface area is 170 Å². The highest BCUT2D eigenvalue weighted by atomic mass is 16.3. The van der Waals surface area contributed by atoms with Gasteiger partial charge in [-0.1, -0.05) is 122 Å². The van der Waals surface area contributed by atoms with Gasteiger partial charge < -0.3 is 5.11 Å². The molecule has 1 rings (SSSR count). The number of unbranched alkanes of at least 4 members (excludes halogenated alkanes) is 10. The first-order valence-corrected chi connectivity index (χ1v) is 12.0. The molecule has 1 aromatic rings. The molecule has 0 unspecified atom stereocenters. The summed E-state index contributed by atoms with van der Waals surface area (Å²) in [6.07, 6.45) is 21.0. The van der Waals surface area contributed by atoms with Crippen LogP contribution in [0.15, 0.2) is 24.3 Å². The van der Waals surface area contributed by atoms with Crippen molar-refractivity contribution in [2.24, 2.45) is 0 Å². The first-order valence-electron chi connectivity index (χ1n) is 12.0. The van der Waals surface area contributed by atoms with Crippen molar-refractivity contribution in [2.45, 2.75) is 129 Å². The molecule has 0 aliphatic carbocycles. The summed E-state index contributed by atoms with van der Waals surface area (Å²) in [5.41, 5.74) is 1.39. The Morgan fingerprint density at radius 2 is 1.07 bits per heavy atom. The summed E-state index contributed by atoms with van der Waals surface area (Å²) in [5.74, 6) is 0.517. The first kappa shape index (κ1) is 24.1. The molecule has 1 N–H and O–H groups in total. The van der Waals surface area contributed by atoms with E-state index in [0.717, 1.165) is 0 Å². The van der Waals surface area contributed by atoms with E-state index in [1.807, 2.05) is 12.1 Å². The second-order valence-electron chi connectivity index (χ2n) is 8.58. The van der Waals surface area contributed by atoms with Crippen LogP contribution in [0.3, 0.4) is 0 Å². The molecule has 0 atom stereocenters. The third-order valence-electron chi connectivity index (χ3n) is 6.22. The molecule has 0 radical (unpaired) electrons. The van der Waals surface area contributed by atoms with Crippen LogP contribution in [-0.2, 0) is 5.41 Å². The lowest BCUT2D eigenvalue weighted by molar-refractivity contribution is 0.296. The minimum Gasteiger partial charge on any atom is -0.508 e. The molecule has 0 amide bonds.